The minimum absolute atomic E-state index is 0.0251. The summed E-state index contributed by atoms with van der Waals surface area (Å²) in [7, 11) is 0. The monoisotopic (exact) mass is 311 g/mol. The fourth-order valence-corrected chi connectivity index (χ4v) is 2.40. The smallest absolute Gasteiger partial charge is 0.194 e. The summed E-state index contributed by atoms with van der Waals surface area (Å²) in [6, 6.07) is 10.1. The number of nitrogens with one attached hydrogen (secondary N) is 1. The first kappa shape index (κ1) is 15.9. The van der Waals surface area contributed by atoms with Gasteiger partial charge in [0.1, 0.15) is 0 Å². The lowest BCUT2D eigenvalue weighted by molar-refractivity contribution is 0.443. The lowest BCUT2D eigenvalue weighted by Gasteiger charge is -2.15. The molecule has 0 saturated heterocycles. The fourth-order valence-electron chi connectivity index (χ4n) is 1.99. The van der Waals surface area contributed by atoms with E-state index < -0.39 is 17.5 Å². The fraction of sp³-hybridized carbons (Fsp3) is 0.250. The van der Waals surface area contributed by atoms with Gasteiger partial charge in [-0.15, -0.1) is 11.8 Å². The van der Waals surface area contributed by atoms with Gasteiger partial charge in [-0.25, -0.2) is 13.2 Å². The molecule has 1 atom stereocenters. The maximum atomic E-state index is 13.1. The SMILES string of the molecule is CSc1ccc(C(C)NCc2cc(F)c(F)c(F)c2)cc1. The zero-order valence-electron chi connectivity index (χ0n) is 11.8. The van der Waals surface area contributed by atoms with Crippen molar-refractivity contribution in [2.24, 2.45) is 0 Å². The van der Waals surface area contributed by atoms with Crippen LogP contribution in [0.1, 0.15) is 24.1 Å². The van der Waals surface area contributed by atoms with Crippen molar-refractivity contribution in [1.29, 1.82) is 0 Å². The van der Waals surface area contributed by atoms with Crippen LogP contribution in [-0.4, -0.2) is 6.26 Å². The standard InChI is InChI=1S/C16H16F3NS/c1-10(12-3-5-13(21-2)6-4-12)20-9-11-7-14(17)16(19)15(18)8-11/h3-8,10,20H,9H2,1-2H3. The van der Waals surface area contributed by atoms with Crippen LogP contribution >= 0.6 is 11.8 Å². The van der Waals surface area contributed by atoms with Gasteiger partial charge in [0.05, 0.1) is 0 Å². The number of hydrogen-bond acceptors (Lipinski definition) is 2. The van der Waals surface area contributed by atoms with Gasteiger partial charge < -0.3 is 5.32 Å². The van der Waals surface area contributed by atoms with Crippen LogP contribution in [-0.2, 0) is 6.54 Å². The molecule has 0 fully saturated rings. The predicted octanol–water partition coefficient (Wildman–Crippen LogP) is 4.68. The first-order chi connectivity index (χ1) is 10.0. The summed E-state index contributed by atoms with van der Waals surface area (Å²) in [6.07, 6.45) is 2.01. The average molecular weight is 311 g/mol. The summed E-state index contributed by atoms with van der Waals surface area (Å²) in [6.45, 7) is 2.23. The molecular formula is C16H16F3NS. The molecule has 2 rings (SSSR count). The highest BCUT2D eigenvalue weighted by Gasteiger charge is 2.11. The molecule has 0 saturated carbocycles. The summed E-state index contributed by atoms with van der Waals surface area (Å²) < 4.78 is 39.1. The van der Waals surface area contributed by atoms with E-state index in [-0.39, 0.29) is 12.6 Å². The Kier molecular flexibility index (Phi) is 5.31. The molecule has 21 heavy (non-hydrogen) atoms. The summed E-state index contributed by atoms with van der Waals surface area (Å²) in [4.78, 5) is 1.17. The third-order valence-corrected chi connectivity index (χ3v) is 4.02. The van der Waals surface area contributed by atoms with Gasteiger partial charge in [0.2, 0.25) is 0 Å². The van der Waals surface area contributed by atoms with Crippen molar-refractivity contribution in [2.75, 3.05) is 6.26 Å². The van der Waals surface area contributed by atoms with Crippen molar-refractivity contribution < 1.29 is 13.2 Å². The molecule has 5 heteroatoms. The Morgan fingerprint density at radius 2 is 1.62 bits per heavy atom. The molecule has 0 spiro atoms. The highest BCUT2D eigenvalue weighted by Crippen LogP contribution is 2.20. The van der Waals surface area contributed by atoms with Gasteiger partial charge in [0.25, 0.3) is 0 Å². The Bertz CT molecular complexity index is 590. The number of hydrogen-bond donors (Lipinski definition) is 1. The first-order valence-electron chi connectivity index (χ1n) is 6.52. The highest BCUT2D eigenvalue weighted by molar-refractivity contribution is 7.98. The third kappa shape index (κ3) is 4.02. The van der Waals surface area contributed by atoms with Crippen LogP contribution in [0.25, 0.3) is 0 Å². The Hall–Kier alpha value is -1.46. The number of thioether (sulfide) groups is 1. The van der Waals surface area contributed by atoms with E-state index in [0.29, 0.717) is 5.56 Å². The van der Waals surface area contributed by atoms with E-state index in [1.807, 2.05) is 37.4 Å². The van der Waals surface area contributed by atoms with E-state index in [9.17, 15) is 13.2 Å². The Labute approximate surface area is 126 Å². The van der Waals surface area contributed by atoms with E-state index in [0.717, 1.165) is 17.7 Å². The predicted molar refractivity (Wildman–Crippen MR) is 79.8 cm³/mol. The largest absolute Gasteiger partial charge is 0.306 e. The highest BCUT2D eigenvalue weighted by atomic mass is 32.2. The van der Waals surface area contributed by atoms with Crippen LogP contribution in [0.3, 0.4) is 0 Å². The van der Waals surface area contributed by atoms with E-state index >= 15 is 0 Å². The van der Waals surface area contributed by atoms with Crippen molar-refractivity contribution in [2.45, 2.75) is 24.4 Å². The summed E-state index contributed by atoms with van der Waals surface area (Å²) in [5.74, 6) is -3.76. The van der Waals surface area contributed by atoms with Gasteiger partial charge in [-0.05, 0) is 48.6 Å². The third-order valence-electron chi connectivity index (χ3n) is 3.27. The Morgan fingerprint density at radius 1 is 1.05 bits per heavy atom. The molecule has 0 aromatic heterocycles. The summed E-state index contributed by atoms with van der Waals surface area (Å²) in [5.41, 5.74) is 1.45. The van der Waals surface area contributed by atoms with Crippen LogP contribution in [0.2, 0.25) is 0 Å². The molecule has 0 radical (unpaired) electrons. The van der Waals surface area contributed by atoms with Gasteiger partial charge in [-0.1, -0.05) is 12.1 Å². The topological polar surface area (TPSA) is 12.0 Å². The van der Waals surface area contributed by atoms with E-state index in [1.165, 1.54) is 4.90 Å². The zero-order valence-corrected chi connectivity index (χ0v) is 12.6. The van der Waals surface area contributed by atoms with Crippen LogP contribution < -0.4 is 5.32 Å². The normalized spacial score (nSPS) is 12.4. The van der Waals surface area contributed by atoms with Gasteiger partial charge in [-0.3, -0.25) is 0 Å². The Morgan fingerprint density at radius 3 is 2.14 bits per heavy atom. The summed E-state index contributed by atoms with van der Waals surface area (Å²) in [5, 5.41) is 3.16. The minimum atomic E-state index is -1.43. The number of halogens is 3. The molecule has 0 aliphatic heterocycles. The van der Waals surface area contributed by atoms with Crippen molar-refractivity contribution >= 4 is 11.8 Å². The van der Waals surface area contributed by atoms with Crippen molar-refractivity contribution in [3.05, 3.63) is 65.0 Å². The van der Waals surface area contributed by atoms with Crippen LogP contribution in [0, 0.1) is 17.5 Å². The van der Waals surface area contributed by atoms with Crippen molar-refractivity contribution in [3.8, 4) is 0 Å². The van der Waals surface area contributed by atoms with Crippen molar-refractivity contribution in [1.82, 2.24) is 5.32 Å². The van der Waals surface area contributed by atoms with Gasteiger partial charge >= 0.3 is 0 Å². The van der Waals surface area contributed by atoms with Crippen LogP contribution in [0.4, 0.5) is 13.2 Å². The van der Waals surface area contributed by atoms with E-state index in [2.05, 4.69) is 5.32 Å². The Balaban J connectivity index is 2.01. The minimum Gasteiger partial charge on any atom is -0.306 e. The first-order valence-corrected chi connectivity index (χ1v) is 7.74. The molecule has 2 aromatic rings. The molecule has 0 aliphatic rings. The van der Waals surface area contributed by atoms with E-state index in [4.69, 9.17) is 0 Å². The molecule has 1 unspecified atom stereocenters. The lowest BCUT2D eigenvalue weighted by Crippen LogP contribution is -2.18. The molecule has 1 N–H and O–H groups in total. The molecule has 0 aliphatic carbocycles. The van der Waals surface area contributed by atoms with Crippen LogP contribution in [0.5, 0.6) is 0 Å². The second-order valence-electron chi connectivity index (χ2n) is 4.75. The van der Waals surface area contributed by atoms with Crippen molar-refractivity contribution in [3.63, 3.8) is 0 Å². The molecule has 112 valence electrons. The zero-order chi connectivity index (χ0) is 15.4. The molecule has 0 bridgehead atoms. The summed E-state index contributed by atoms with van der Waals surface area (Å²) >= 11 is 1.66. The molecule has 0 amide bonds. The number of rotatable bonds is 5. The quantitative estimate of drug-likeness (QED) is 0.636. The van der Waals surface area contributed by atoms with Crippen LogP contribution in [0.15, 0.2) is 41.3 Å². The maximum absolute atomic E-state index is 13.1. The molecule has 0 heterocycles. The van der Waals surface area contributed by atoms with Gasteiger partial charge in [0.15, 0.2) is 17.5 Å². The number of benzene rings is 2. The van der Waals surface area contributed by atoms with Gasteiger partial charge in [-0.2, -0.15) is 0 Å². The lowest BCUT2D eigenvalue weighted by atomic mass is 10.1. The average Bonchev–Trinajstić information content (AvgIpc) is 2.50. The van der Waals surface area contributed by atoms with Gasteiger partial charge in [0, 0.05) is 17.5 Å². The second kappa shape index (κ2) is 7.00. The molecule has 2 aromatic carbocycles. The second-order valence-corrected chi connectivity index (χ2v) is 5.63. The molecular weight excluding hydrogens is 295 g/mol. The molecule has 1 nitrogen and oxygen atoms in total. The van der Waals surface area contributed by atoms with E-state index in [1.54, 1.807) is 11.8 Å². The maximum Gasteiger partial charge on any atom is 0.194 e.